The molecule has 0 radical (unpaired) electrons. The van der Waals surface area contributed by atoms with Crippen molar-refractivity contribution < 1.29 is 19.1 Å². The lowest BCUT2D eigenvalue weighted by Crippen LogP contribution is -2.42. The molecule has 120 valence electrons. The lowest BCUT2D eigenvalue weighted by atomic mass is 10.4. The molecule has 0 saturated carbocycles. The number of carbonyl (C=O) groups excluding carboxylic acids is 2. The van der Waals surface area contributed by atoms with Crippen molar-refractivity contribution in [3.05, 3.63) is 28.2 Å². The molecule has 0 unspecified atom stereocenters. The monoisotopic (exact) mass is 363 g/mol. The van der Waals surface area contributed by atoms with Crippen LogP contribution in [0.1, 0.15) is 0 Å². The van der Waals surface area contributed by atoms with Gasteiger partial charge in [-0.2, -0.15) is 0 Å². The summed E-state index contributed by atoms with van der Waals surface area (Å²) in [6.07, 6.45) is 0. The predicted molar refractivity (Wildman–Crippen MR) is 85.5 cm³/mol. The Morgan fingerprint density at radius 1 is 1.27 bits per heavy atom. The zero-order valence-corrected chi connectivity index (χ0v) is 14.0. The Morgan fingerprint density at radius 3 is 2.73 bits per heavy atom. The van der Waals surface area contributed by atoms with E-state index in [-0.39, 0.29) is 18.3 Å². The average Bonchev–Trinajstić information content (AvgIpc) is 2.54. The van der Waals surface area contributed by atoms with Gasteiger partial charge >= 0.3 is 5.97 Å². The number of amides is 1. The van der Waals surface area contributed by atoms with Crippen LogP contribution in [0.5, 0.6) is 0 Å². The van der Waals surface area contributed by atoms with E-state index < -0.39 is 5.97 Å². The second-order valence-electron chi connectivity index (χ2n) is 4.52. The van der Waals surface area contributed by atoms with Gasteiger partial charge in [0.2, 0.25) is 0 Å². The molecule has 1 amide bonds. The molecule has 0 atom stereocenters. The normalized spacial score (nSPS) is 14.7. The van der Waals surface area contributed by atoms with Crippen LogP contribution in [-0.2, 0) is 19.1 Å². The van der Waals surface area contributed by atoms with E-state index in [1.165, 1.54) is 11.8 Å². The van der Waals surface area contributed by atoms with E-state index in [0.717, 1.165) is 0 Å². The maximum Gasteiger partial charge on any atom is 0.316 e. The topological polar surface area (TPSA) is 55.8 Å². The number of esters is 1. The van der Waals surface area contributed by atoms with Crippen LogP contribution in [0, 0.1) is 0 Å². The molecule has 5 nitrogen and oxygen atoms in total. The van der Waals surface area contributed by atoms with Gasteiger partial charge in [0, 0.05) is 23.0 Å². The van der Waals surface area contributed by atoms with Crippen molar-refractivity contribution in [1.82, 2.24) is 4.90 Å². The Balaban J connectivity index is 1.73. The number of hydrogen-bond acceptors (Lipinski definition) is 5. The molecule has 8 heteroatoms. The molecule has 1 heterocycles. The van der Waals surface area contributed by atoms with E-state index in [4.69, 9.17) is 32.7 Å². The van der Waals surface area contributed by atoms with Crippen LogP contribution in [0.2, 0.25) is 10.0 Å². The summed E-state index contributed by atoms with van der Waals surface area (Å²) in [5.74, 6) is -0.610. The van der Waals surface area contributed by atoms with Crippen molar-refractivity contribution in [2.45, 2.75) is 4.90 Å². The summed E-state index contributed by atoms with van der Waals surface area (Å²) in [6.45, 7) is 1.85. The minimum atomic E-state index is -0.470. The molecule has 0 bridgehead atoms. The van der Waals surface area contributed by atoms with Gasteiger partial charge < -0.3 is 14.4 Å². The lowest BCUT2D eigenvalue weighted by molar-refractivity contribution is -0.151. The molecule has 1 aromatic carbocycles. The van der Waals surface area contributed by atoms with E-state index in [0.29, 0.717) is 41.2 Å². The molecule has 0 aromatic heterocycles. The Hall–Kier alpha value is -0.950. The molecule has 0 aliphatic carbocycles. The van der Waals surface area contributed by atoms with Crippen LogP contribution in [0.25, 0.3) is 0 Å². The van der Waals surface area contributed by atoms with Crippen LogP contribution in [-0.4, -0.2) is 55.4 Å². The van der Waals surface area contributed by atoms with E-state index in [9.17, 15) is 9.59 Å². The van der Waals surface area contributed by atoms with Crippen LogP contribution in [0.3, 0.4) is 0 Å². The standard InChI is InChI=1S/C14H15Cl2NO4S/c15-10-1-2-11(16)12(7-10)22-9-14(19)21-8-13(18)17-3-5-20-6-4-17/h1-2,7H,3-6,8-9H2. The van der Waals surface area contributed by atoms with Gasteiger partial charge in [0.25, 0.3) is 5.91 Å². The zero-order chi connectivity index (χ0) is 15.9. The molecule has 1 fully saturated rings. The van der Waals surface area contributed by atoms with Crippen molar-refractivity contribution in [1.29, 1.82) is 0 Å². The second-order valence-corrected chi connectivity index (χ2v) is 6.38. The van der Waals surface area contributed by atoms with Gasteiger partial charge in [0.05, 0.1) is 24.0 Å². The number of nitrogens with zero attached hydrogens (tertiary/aromatic N) is 1. The number of carbonyl (C=O) groups is 2. The fraction of sp³-hybridized carbons (Fsp3) is 0.429. The SMILES string of the molecule is O=C(CSc1cc(Cl)ccc1Cl)OCC(=O)N1CCOCC1. The highest BCUT2D eigenvalue weighted by Crippen LogP contribution is 2.29. The molecule has 1 saturated heterocycles. The maximum absolute atomic E-state index is 11.8. The van der Waals surface area contributed by atoms with Gasteiger partial charge in [-0.3, -0.25) is 9.59 Å². The maximum atomic E-state index is 11.8. The number of morpholine rings is 1. The highest BCUT2D eigenvalue weighted by molar-refractivity contribution is 8.00. The number of rotatable bonds is 5. The Kier molecular flexibility index (Phi) is 6.82. The lowest BCUT2D eigenvalue weighted by Gasteiger charge is -2.26. The minimum absolute atomic E-state index is 0.0659. The molecule has 2 rings (SSSR count). The molecule has 0 spiro atoms. The molecule has 0 N–H and O–H groups in total. The predicted octanol–water partition coefficient (Wildman–Crippen LogP) is 2.49. The van der Waals surface area contributed by atoms with Gasteiger partial charge in [-0.15, -0.1) is 11.8 Å². The third-order valence-electron chi connectivity index (χ3n) is 2.96. The Morgan fingerprint density at radius 2 is 2.00 bits per heavy atom. The Bertz CT molecular complexity index is 550. The minimum Gasteiger partial charge on any atom is -0.455 e. The second kappa shape index (κ2) is 8.62. The number of hydrogen-bond donors (Lipinski definition) is 0. The van der Waals surface area contributed by atoms with Crippen LogP contribution >= 0.6 is 35.0 Å². The molecule has 22 heavy (non-hydrogen) atoms. The first-order valence-corrected chi connectivity index (χ1v) is 8.39. The quantitative estimate of drug-likeness (QED) is 0.594. The van der Waals surface area contributed by atoms with Crippen molar-refractivity contribution in [2.75, 3.05) is 38.7 Å². The highest BCUT2D eigenvalue weighted by atomic mass is 35.5. The summed E-state index contributed by atoms with van der Waals surface area (Å²) < 4.78 is 10.1. The van der Waals surface area contributed by atoms with Crippen LogP contribution < -0.4 is 0 Å². The molecule has 1 aromatic rings. The summed E-state index contributed by atoms with van der Waals surface area (Å²) in [5, 5.41) is 1.06. The first-order valence-electron chi connectivity index (χ1n) is 6.65. The van der Waals surface area contributed by atoms with Crippen molar-refractivity contribution >= 4 is 46.8 Å². The third-order valence-corrected chi connectivity index (χ3v) is 4.66. The number of thioether (sulfide) groups is 1. The number of benzene rings is 1. The summed E-state index contributed by atoms with van der Waals surface area (Å²) in [7, 11) is 0. The van der Waals surface area contributed by atoms with Crippen molar-refractivity contribution in [2.24, 2.45) is 0 Å². The van der Waals surface area contributed by atoms with Crippen molar-refractivity contribution in [3.8, 4) is 0 Å². The fourth-order valence-electron chi connectivity index (χ4n) is 1.81. The Labute approximate surface area is 142 Å². The summed E-state index contributed by atoms with van der Waals surface area (Å²) in [5.41, 5.74) is 0. The molecule has 1 aliphatic rings. The van der Waals surface area contributed by atoms with Gasteiger partial charge in [-0.1, -0.05) is 23.2 Å². The largest absolute Gasteiger partial charge is 0.455 e. The zero-order valence-electron chi connectivity index (χ0n) is 11.7. The van der Waals surface area contributed by atoms with Crippen LogP contribution in [0.4, 0.5) is 0 Å². The highest BCUT2D eigenvalue weighted by Gasteiger charge is 2.18. The summed E-state index contributed by atoms with van der Waals surface area (Å²) in [6, 6.07) is 5.02. The van der Waals surface area contributed by atoms with E-state index in [1.807, 2.05) is 0 Å². The average molecular weight is 364 g/mol. The van der Waals surface area contributed by atoms with Gasteiger partial charge in [-0.05, 0) is 18.2 Å². The first kappa shape index (κ1) is 17.4. The van der Waals surface area contributed by atoms with E-state index in [1.54, 1.807) is 23.1 Å². The number of halogens is 2. The van der Waals surface area contributed by atoms with Gasteiger partial charge in [0.15, 0.2) is 6.61 Å². The van der Waals surface area contributed by atoms with Gasteiger partial charge in [0.1, 0.15) is 0 Å². The van der Waals surface area contributed by atoms with E-state index in [2.05, 4.69) is 0 Å². The van der Waals surface area contributed by atoms with Crippen molar-refractivity contribution in [3.63, 3.8) is 0 Å². The van der Waals surface area contributed by atoms with E-state index >= 15 is 0 Å². The molecular weight excluding hydrogens is 349 g/mol. The molecule has 1 aliphatic heterocycles. The van der Waals surface area contributed by atoms with Gasteiger partial charge in [-0.25, -0.2) is 0 Å². The van der Waals surface area contributed by atoms with Crippen LogP contribution in [0.15, 0.2) is 23.1 Å². The summed E-state index contributed by atoms with van der Waals surface area (Å²) in [4.78, 5) is 25.8. The fourth-order valence-corrected chi connectivity index (χ4v) is 3.10. The summed E-state index contributed by atoms with van der Waals surface area (Å²) >= 11 is 13.1. The molecular formula is C14H15Cl2NO4S. The third kappa shape index (κ3) is 5.35. The number of ether oxygens (including phenoxy) is 2. The smallest absolute Gasteiger partial charge is 0.316 e. The first-order chi connectivity index (χ1) is 10.6.